The van der Waals surface area contributed by atoms with E-state index in [-0.39, 0.29) is 5.92 Å². The van der Waals surface area contributed by atoms with Crippen molar-refractivity contribution in [2.45, 2.75) is 32.6 Å². The molecule has 98 valence electrons. The summed E-state index contributed by atoms with van der Waals surface area (Å²) in [6, 6.07) is 8.47. The van der Waals surface area contributed by atoms with Gasteiger partial charge in [0.25, 0.3) is 0 Å². The van der Waals surface area contributed by atoms with Gasteiger partial charge in [-0.1, -0.05) is 26.0 Å². The van der Waals surface area contributed by atoms with Crippen molar-refractivity contribution in [1.82, 2.24) is 0 Å². The Morgan fingerprint density at radius 1 is 1.44 bits per heavy atom. The zero-order valence-corrected chi connectivity index (χ0v) is 11.0. The molecule has 0 aromatic heterocycles. The quantitative estimate of drug-likeness (QED) is 0.810. The van der Waals surface area contributed by atoms with E-state index in [1.165, 1.54) is 5.56 Å². The molecule has 0 bridgehead atoms. The van der Waals surface area contributed by atoms with Crippen molar-refractivity contribution in [2.75, 3.05) is 11.9 Å². The second-order valence-electron chi connectivity index (χ2n) is 5.25. The standard InChI is InChI=1S/C15H21NO2/c1-3-10(2)11-4-6-13(7-5-11)16-9-12-8-14(12)15(17)18/h4-7,10,12,14,16H,3,8-9H2,1-2H3,(H,17,18). The Morgan fingerprint density at radius 2 is 2.11 bits per heavy atom. The summed E-state index contributed by atoms with van der Waals surface area (Å²) in [5.74, 6) is 0.112. The summed E-state index contributed by atoms with van der Waals surface area (Å²) >= 11 is 0. The maximum absolute atomic E-state index is 10.7. The van der Waals surface area contributed by atoms with Gasteiger partial charge in [0.1, 0.15) is 0 Å². The fourth-order valence-corrected chi connectivity index (χ4v) is 2.19. The molecule has 3 nitrogen and oxygen atoms in total. The first-order valence-electron chi connectivity index (χ1n) is 6.68. The van der Waals surface area contributed by atoms with Gasteiger partial charge in [0.15, 0.2) is 0 Å². The Labute approximate surface area is 108 Å². The Bertz CT molecular complexity index is 413. The lowest BCUT2D eigenvalue weighted by Crippen LogP contribution is -2.08. The summed E-state index contributed by atoms with van der Waals surface area (Å²) in [6.45, 7) is 5.18. The summed E-state index contributed by atoms with van der Waals surface area (Å²) in [6.07, 6.45) is 1.96. The molecule has 0 heterocycles. The number of aliphatic carboxylic acids is 1. The number of carbonyl (C=O) groups is 1. The molecule has 2 rings (SSSR count). The molecule has 3 atom stereocenters. The van der Waals surface area contributed by atoms with Crippen molar-refractivity contribution in [3.05, 3.63) is 29.8 Å². The number of benzene rings is 1. The molecule has 3 unspecified atom stereocenters. The highest BCUT2D eigenvalue weighted by Crippen LogP contribution is 2.38. The molecule has 0 radical (unpaired) electrons. The van der Waals surface area contributed by atoms with Crippen LogP contribution in [0.5, 0.6) is 0 Å². The van der Waals surface area contributed by atoms with Crippen molar-refractivity contribution in [2.24, 2.45) is 11.8 Å². The van der Waals surface area contributed by atoms with Crippen LogP contribution in [0.15, 0.2) is 24.3 Å². The first-order valence-corrected chi connectivity index (χ1v) is 6.68. The van der Waals surface area contributed by atoms with Crippen LogP contribution in [0.2, 0.25) is 0 Å². The molecule has 0 aliphatic heterocycles. The third-order valence-corrected chi connectivity index (χ3v) is 3.90. The zero-order chi connectivity index (χ0) is 13.1. The summed E-state index contributed by atoms with van der Waals surface area (Å²) in [5, 5.41) is 12.1. The smallest absolute Gasteiger partial charge is 0.306 e. The number of carboxylic acid groups (broad SMARTS) is 1. The van der Waals surface area contributed by atoms with Crippen molar-refractivity contribution in [3.63, 3.8) is 0 Å². The number of hydrogen-bond donors (Lipinski definition) is 2. The van der Waals surface area contributed by atoms with E-state index in [9.17, 15) is 4.79 Å². The van der Waals surface area contributed by atoms with Crippen LogP contribution in [-0.4, -0.2) is 17.6 Å². The third-order valence-electron chi connectivity index (χ3n) is 3.90. The van der Waals surface area contributed by atoms with E-state index in [0.29, 0.717) is 11.8 Å². The van der Waals surface area contributed by atoms with Gasteiger partial charge in [-0.3, -0.25) is 4.79 Å². The van der Waals surface area contributed by atoms with Gasteiger partial charge in [-0.2, -0.15) is 0 Å². The fourth-order valence-electron chi connectivity index (χ4n) is 2.19. The number of carboxylic acids is 1. The van der Waals surface area contributed by atoms with E-state index in [2.05, 4.69) is 43.4 Å². The van der Waals surface area contributed by atoms with Crippen LogP contribution in [-0.2, 0) is 4.79 Å². The SMILES string of the molecule is CCC(C)c1ccc(NCC2CC2C(=O)O)cc1. The third kappa shape index (κ3) is 3.03. The summed E-state index contributed by atoms with van der Waals surface area (Å²) in [7, 11) is 0. The Kier molecular flexibility index (Phi) is 3.90. The second-order valence-corrected chi connectivity index (χ2v) is 5.25. The molecule has 1 aromatic rings. The number of nitrogens with one attached hydrogen (secondary N) is 1. The van der Waals surface area contributed by atoms with Crippen LogP contribution in [0, 0.1) is 11.8 Å². The van der Waals surface area contributed by atoms with Gasteiger partial charge in [-0.15, -0.1) is 0 Å². The topological polar surface area (TPSA) is 49.3 Å². The maximum atomic E-state index is 10.7. The van der Waals surface area contributed by atoms with Gasteiger partial charge in [-0.05, 0) is 42.4 Å². The maximum Gasteiger partial charge on any atom is 0.306 e. The first kappa shape index (κ1) is 12.9. The highest BCUT2D eigenvalue weighted by atomic mass is 16.4. The minimum absolute atomic E-state index is 0.128. The highest BCUT2D eigenvalue weighted by molar-refractivity contribution is 5.73. The molecule has 0 amide bonds. The summed E-state index contributed by atoms with van der Waals surface area (Å²) in [4.78, 5) is 10.7. The molecule has 1 aromatic carbocycles. The van der Waals surface area contributed by atoms with Crippen molar-refractivity contribution in [3.8, 4) is 0 Å². The van der Waals surface area contributed by atoms with Gasteiger partial charge < -0.3 is 10.4 Å². The average molecular weight is 247 g/mol. The van der Waals surface area contributed by atoms with Crippen LogP contribution in [0.1, 0.15) is 38.2 Å². The number of hydrogen-bond acceptors (Lipinski definition) is 2. The minimum atomic E-state index is -0.658. The molecule has 1 aliphatic rings. The normalized spacial score (nSPS) is 23.4. The van der Waals surface area contributed by atoms with E-state index in [1.807, 2.05) is 0 Å². The van der Waals surface area contributed by atoms with E-state index in [0.717, 1.165) is 25.1 Å². The Morgan fingerprint density at radius 3 is 2.61 bits per heavy atom. The van der Waals surface area contributed by atoms with Gasteiger partial charge >= 0.3 is 5.97 Å². The lowest BCUT2D eigenvalue weighted by atomic mass is 9.99. The Hall–Kier alpha value is -1.51. The highest BCUT2D eigenvalue weighted by Gasteiger charge is 2.42. The monoisotopic (exact) mass is 247 g/mol. The van der Waals surface area contributed by atoms with Crippen molar-refractivity contribution >= 4 is 11.7 Å². The van der Waals surface area contributed by atoms with Gasteiger partial charge in [0, 0.05) is 12.2 Å². The molecule has 1 saturated carbocycles. The molecule has 1 aliphatic carbocycles. The number of anilines is 1. The van der Waals surface area contributed by atoms with E-state index in [4.69, 9.17) is 5.11 Å². The lowest BCUT2D eigenvalue weighted by molar-refractivity contribution is -0.138. The van der Waals surface area contributed by atoms with E-state index < -0.39 is 5.97 Å². The van der Waals surface area contributed by atoms with E-state index >= 15 is 0 Å². The Balaban J connectivity index is 1.82. The second kappa shape index (κ2) is 5.42. The average Bonchev–Trinajstić information content (AvgIpc) is 3.16. The molecule has 18 heavy (non-hydrogen) atoms. The molecule has 1 fully saturated rings. The summed E-state index contributed by atoms with van der Waals surface area (Å²) in [5.41, 5.74) is 2.44. The number of rotatable bonds is 6. The predicted octanol–water partition coefficient (Wildman–Crippen LogP) is 3.33. The van der Waals surface area contributed by atoms with Gasteiger partial charge in [-0.25, -0.2) is 0 Å². The molecular weight excluding hydrogens is 226 g/mol. The van der Waals surface area contributed by atoms with Crippen LogP contribution < -0.4 is 5.32 Å². The lowest BCUT2D eigenvalue weighted by Gasteiger charge is -2.11. The molecule has 0 saturated heterocycles. The molecule has 2 N–H and O–H groups in total. The fraction of sp³-hybridized carbons (Fsp3) is 0.533. The van der Waals surface area contributed by atoms with Gasteiger partial charge in [0.05, 0.1) is 5.92 Å². The van der Waals surface area contributed by atoms with Crippen LogP contribution >= 0.6 is 0 Å². The predicted molar refractivity (Wildman–Crippen MR) is 72.9 cm³/mol. The first-order chi connectivity index (χ1) is 8.61. The molecular formula is C15H21NO2. The van der Waals surface area contributed by atoms with E-state index in [1.54, 1.807) is 0 Å². The van der Waals surface area contributed by atoms with Crippen LogP contribution in [0.25, 0.3) is 0 Å². The summed E-state index contributed by atoms with van der Waals surface area (Å²) < 4.78 is 0. The van der Waals surface area contributed by atoms with Crippen LogP contribution in [0.4, 0.5) is 5.69 Å². The van der Waals surface area contributed by atoms with Crippen LogP contribution in [0.3, 0.4) is 0 Å². The van der Waals surface area contributed by atoms with Crippen molar-refractivity contribution in [1.29, 1.82) is 0 Å². The zero-order valence-electron chi connectivity index (χ0n) is 11.0. The molecule has 3 heteroatoms. The van der Waals surface area contributed by atoms with Crippen molar-refractivity contribution < 1.29 is 9.90 Å². The molecule has 0 spiro atoms. The minimum Gasteiger partial charge on any atom is -0.481 e. The largest absolute Gasteiger partial charge is 0.481 e. The van der Waals surface area contributed by atoms with Gasteiger partial charge in [0.2, 0.25) is 0 Å².